The van der Waals surface area contributed by atoms with Crippen molar-refractivity contribution >= 4 is 11.6 Å². The van der Waals surface area contributed by atoms with Gasteiger partial charge in [-0.3, -0.25) is 19.6 Å². The third-order valence-corrected chi connectivity index (χ3v) is 4.76. The first kappa shape index (κ1) is 21.7. The van der Waals surface area contributed by atoms with E-state index in [1.54, 1.807) is 0 Å². The van der Waals surface area contributed by atoms with Gasteiger partial charge >= 0.3 is 6.18 Å². The molecule has 1 aliphatic carbocycles. The topological polar surface area (TPSA) is 131 Å². The summed E-state index contributed by atoms with van der Waals surface area (Å²) >= 11 is 0. The van der Waals surface area contributed by atoms with E-state index in [4.69, 9.17) is 0 Å². The van der Waals surface area contributed by atoms with Crippen LogP contribution in [0.2, 0.25) is 0 Å². The van der Waals surface area contributed by atoms with E-state index in [9.17, 15) is 38.3 Å². The summed E-state index contributed by atoms with van der Waals surface area (Å²) in [6, 6.07) is 4.66. The van der Waals surface area contributed by atoms with Crippen molar-refractivity contribution in [3.63, 3.8) is 0 Å². The normalized spacial score (nSPS) is 16.2. The summed E-state index contributed by atoms with van der Waals surface area (Å²) in [5, 5.41) is 36.5. The number of aliphatic hydroxyl groups excluding tert-OH is 2. The molecule has 1 fully saturated rings. The minimum Gasteiger partial charge on any atom is -0.394 e. The lowest BCUT2D eigenvalue weighted by atomic mass is 10.0. The van der Waals surface area contributed by atoms with Crippen LogP contribution in [0.5, 0.6) is 0 Å². The smallest absolute Gasteiger partial charge is 0.394 e. The molecule has 1 heterocycles. The average Bonchev–Trinajstić information content (AvgIpc) is 3.44. The van der Waals surface area contributed by atoms with Gasteiger partial charge in [0.25, 0.3) is 5.69 Å². The predicted molar refractivity (Wildman–Crippen MR) is 96.3 cm³/mol. The first-order valence-corrected chi connectivity index (χ1v) is 9.07. The van der Waals surface area contributed by atoms with E-state index in [1.807, 2.05) is 0 Å². The highest BCUT2D eigenvalue weighted by Crippen LogP contribution is 2.42. The van der Waals surface area contributed by atoms with Crippen molar-refractivity contribution < 1.29 is 33.1 Å². The number of carbonyl (C=O) groups excluding carboxylic acids is 1. The number of aliphatic hydroxyl groups is 2. The Hall–Kier alpha value is -2.99. The fourth-order valence-corrected chi connectivity index (χ4v) is 3.04. The molecule has 0 aliphatic heterocycles. The number of nitrogens with zero attached hydrogens (tertiary/aromatic N) is 3. The maximum absolute atomic E-state index is 13.0. The van der Waals surface area contributed by atoms with Crippen molar-refractivity contribution in [2.45, 2.75) is 43.6 Å². The van der Waals surface area contributed by atoms with Crippen molar-refractivity contribution in [2.24, 2.45) is 0 Å². The number of non-ortho nitro benzene ring substituents is 1. The summed E-state index contributed by atoms with van der Waals surface area (Å²) in [6.07, 6.45) is -4.60. The van der Waals surface area contributed by atoms with E-state index in [2.05, 4.69) is 10.4 Å². The molecule has 1 aromatic carbocycles. The molecule has 1 aliphatic rings. The van der Waals surface area contributed by atoms with Gasteiger partial charge in [0.05, 0.1) is 17.6 Å². The highest BCUT2D eigenvalue weighted by atomic mass is 19.4. The van der Waals surface area contributed by atoms with Gasteiger partial charge < -0.3 is 15.5 Å². The molecule has 1 amide bonds. The number of hydrogen-bond donors (Lipinski definition) is 3. The predicted octanol–water partition coefficient (Wildman–Crippen LogP) is 1.90. The maximum atomic E-state index is 13.0. The molecule has 1 aromatic heterocycles. The largest absolute Gasteiger partial charge is 0.435 e. The Labute approximate surface area is 168 Å². The number of rotatable bonds is 8. The zero-order valence-corrected chi connectivity index (χ0v) is 15.5. The number of nitro benzene ring substituents is 1. The molecule has 0 saturated heterocycles. The summed E-state index contributed by atoms with van der Waals surface area (Å²) in [4.78, 5) is 22.4. The van der Waals surface area contributed by atoms with Crippen LogP contribution in [-0.2, 0) is 17.5 Å². The van der Waals surface area contributed by atoms with Gasteiger partial charge in [-0.1, -0.05) is 0 Å². The number of amides is 1. The van der Waals surface area contributed by atoms with Crippen LogP contribution < -0.4 is 5.32 Å². The second-order valence-corrected chi connectivity index (χ2v) is 7.03. The lowest BCUT2D eigenvalue weighted by Crippen LogP contribution is -2.43. The number of alkyl halides is 3. The second kappa shape index (κ2) is 8.40. The number of halogens is 3. The third-order valence-electron chi connectivity index (χ3n) is 4.76. The minimum atomic E-state index is -4.63. The van der Waals surface area contributed by atoms with Crippen LogP contribution in [0.4, 0.5) is 18.9 Å². The summed E-state index contributed by atoms with van der Waals surface area (Å²) in [5.74, 6) is -0.825. The minimum absolute atomic E-state index is 0.0826. The summed E-state index contributed by atoms with van der Waals surface area (Å²) in [7, 11) is 0. The van der Waals surface area contributed by atoms with E-state index >= 15 is 0 Å². The molecule has 0 spiro atoms. The molecule has 0 bridgehead atoms. The summed E-state index contributed by atoms with van der Waals surface area (Å²) < 4.78 is 39.9. The van der Waals surface area contributed by atoms with E-state index in [1.165, 1.54) is 24.3 Å². The number of nitro groups is 1. The van der Waals surface area contributed by atoms with E-state index in [0.717, 1.165) is 10.7 Å². The summed E-state index contributed by atoms with van der Waals surface area (Å²) in [6.45, 7) is -1.17. The zero-order chi connectivity index (χ0) is 22.1. The molecule has 0 radical (unpaired) electrons. The van der Waals surface area contributed by atoms with Gasteiger partial charge in [0.15, 0.2) is 5.69 Å². The Balaban J connectivity index is 1.69. The molecule has 30 heavy (non-hydrogen) atoms. The standard InChI is InChI=1S/C18H19F3N4O5/c19-18(20,21)15-7-14(10-1-2-10)24(23-15)8-16(27)22-13(9-26)17(28)11-3-5-12(6-4-11)25(29)30/h3-7,10,13,17,26,28H,1-2,8-9H2,(H,22,27). The number of benzene rings is 1. The van der Waals surface area contributed by atoms with Crippen LogP contribution in [0.15, 0.2) is 30.3 Å². The van der Waals surface area contributed by atoms with Crippen molar-refractivity contribution in [2.75, 3.05) is 6.61 Å². The van der Waals surface area contributed by atoms with Crippen LogP contribution in [-0.4, -0.2) is 43.5 Å². The number of aromatic nitrogens is 2. The second-order valence-electron chi connectivity index (χ2n) is 7.03. The molecule has 162 valence electrons. The molecular weight excluding hydrogens is 409 g/mol. The van der Waals surface area contributed by atoms with Gasteiger partial charge in [-0.05, 0) is 36.6 Å². The molecule has 2 aromatic rings. The Morgan fingerprint density at radius 2 is 1.97 bits per heavy atom. The van der Waals surface area contributed by atoms with Gasteiger partial charge in [-0.2, -0.15) is 18.3 Å². The molecule has 2 unspecified atom stereocenters. The van der Waals surface area contributed by atoms with Crippen molar-refractivity contribution in [3.05, 3.63) is 57.4 Å². The average molecular weight is 428 g/mol. The highest BCUT2D eigenvalue weighted by Gasteiger charge is 2.38. The van der Waals surface area contributed by atoms with Gasteiger partial charge in [0.2, 0.25) is 5.91 Å². The fourth-order valence-electron chi connectivity index (χ4n) is 3.04. The molecule has 12 heteroatoms. The lowest BCUT2D eigenvalue weighted by molar-refractivity contribution is -0.384. The Bertz CT molecular complexity index is 925. The molecule has 2 atom stereocenters. The van der Waals surface area contributed by atoms with Crippen LogP contribution in [0.25, 0.3) is 0 Å². The maximum Gasteiger partial charge on any atom is 0.435 e. The van der Waals surface area contributed by atoms with Crippen LogP contribution in [0, 0.1) is 10.1 Å². The molecule has 3 N–H and O–H groups in total. The first-order valence-electron chi connectivity index (χ1n) is 9.07. The number of hydrogen-bond acceptors (Lipinski definition) is 6. The number of nitrogens with one attached hydrogen (secondary N) is 1. The monoisotopic (exact) mass is 428 g/mol. The molecule has 1 saturated carbocycles. The fraction of sp³-hybridized carbons (Fsp3) is 0.444. The van der Waals surface area contributed by atoms with Gasteiger partial charge in [0, 0.05) is 23.7 Å². The van der Waals surface area contributed by atoms with Gasteiger partial charge in [-0.15, -0.1) is 0 Å². The quantitative estimate of drug-likeness (QED) is 0.435. The van der Waals surface area contributed by atoms with Crippen LogP contribution >= 0.6 is 0 Å². The lowest BCUT2D eigenvalue weighted by Gasteiger charge is -2.22. The Morgan fingerprint density at radius 3 is 2.47 bits per heavy atom. The molecular formula is C18H19F3N4O5. The van der Waals surface area contributed by atoms with Crippen LogP contribution in [0.1, 0.15) is 41.8 Å². The van der Waals surface area contributed by atoms with Gasteiger partial charge in [0.1, 0.15) is 12.6 Å². The van der Waals surface area contributed by atoms with Crippen molar-refractivity contribution in [1.29, 1.82) is 0 Å². The SMILES string of the molecule is O=C(Cn1nc(C(F)(F)F)cc1C1CC1)NC(CO)C(O)c1ccc([N+](=O)[O-])cc1. The zero-order valence-electron chi connectivity index (χ0n) is 15.5. The van der Waals surface area contributed by atoms with Gasteiger partial charge in [-0.25, -0.2) is 0 Å². The Morgan fingerprint density at radius 1 is 1.33 bits per heavy atom. The van der Waals surface area contributed by atoms with Crippen molar-refractivity contribution in [1.82, 2.24) is 15.1 Å². The molecule has 9 nitrogen and oxygen atoms in total. The number of carbonyl (C=O) groups is 1. The highest BCUT2D eigenvalue weighted by molar-refractivity contribution is 5.76. The van der Waals surface area contributed by atoms with E-state index in [0.29, 0.717) is 18.5 Å². The van der Waals surface area contributed by atoms with E-state index in [-0.39, 0.29) is 17.2 Å². The third kappa shape index (κ3) is 4.94. The first-order chi connectivity index (χ1) is 14.1. The molecule has 3 rings (SSSR count). The van der Waals surface area contributed by atoms with Crippen molar-refractivity contribution in [3.8, 4) is 0 Å². The summed E-state index contributed by atoms with van der Waals surface area (Å²) in [5.41, 5.74) is -0.741. The van der Waals surface area contributed by atoms with E-state index < -0.39 is 48.0 Å². The van der Waals surface area contributed by atoms with Crippen LogP contribution in [0.3, 0.4) is 0 Å². The Kier molecular flexibility index (Phi) is 6.08.